The largest absolute Gasteiger partial charge is 0.466 e. The maximum absolute atomic E-state index is 12.6. The minimum absolute atomic E-state index is 0.00620. The van der Waals surface area contributed by atoms with Gasteiger partial charge in [-0.2, -0.15) is 0 Å². The highest BCUT2D eigenvalue weighted by molar-refractivity contribution is 5.76. The summed E-state index contributed by atoms with van der Waals surface area (Å²) in [6, 6.07) is -0.541. The molecule has 0 aromatic carbocycles. The zero-order valence-electron chi connectivity index (χ0n) is 56.9. The summed E-state index contributed by atoms with van der Waals surface area (Å²) >= 11 is 0. The maximum Gasteiger partial charge on any atom is 0.305 e. The Kier molecular flexibility index (Phi) is 71.9. The fraction of sp³-hybridized carbons (Fsp3) is 0.897. The van der Waals surface area contributed by atoms with E-state index in [1.165, 1.54) is 340 Å². The third kappa shape index (κ3) is 69.2. The van der Waals surface area contributed by atoms with Gasteiger partial charge in [-0.25, -0.2) is 0 Å². The number of esters is 1. The van der Waals surface area contributed by atoms with Gasteiger partial charge in [0.15, 0.2) is 0 Å². The Morgan fingerprint density at radius 3 is 0.917 bits per heavy atom. The zero-order chi connectivity index (χ0) is 60.6. The average Bonchev–Trinajstić information content (AvgIpc) is 3.51. The van der Waals surface area contributed by atoms with Gasteiger partial charge in [-0.1, -0.05) is 365 Å². The molecule has 0 aromatic heterocycles. The quantitative estimate of drug-likeness (QED) is 0.0320. The maximum atomic E-state index is 12.6. The number of amides is 1. The second kappa shape index (κ2) is 73.5. The highest BCUT2D eigenvalue weighted by Crippen LogP contribution is 2.19. The molecule has 0 saturated carbocycles. The molecule has 6 heteroatoms. The van der Waals surface area contributed by atoms with Crippen LogP contribution in [0.2, 0.25) is 0 Å². The summed E-state index contributed by atoms with van der Waals surface area (Å²) < 4.78 is 5.48. The van der Waals surface area contributed by atoms with Gasteiger partial charge in [0.2, 0.25) is 5.91 Å². The number of allylic oxidation sites excluding steroid dienone is 6. The van der Waals surface area contributed by atoms with Gasteiger partial charge in [0.05, 0.1) is 25.4 Å². The molecule has 0 aliphatic rings. The van der Waals surface area contributed by atoms with E-state index >= 15 is 0 Å². The van der Waals surface area contributed by atoms with Crippen molar-refractivity contribution in [3.63, 3.8) is 0 Å². The van der Waals surface area contributed by atoms with Crippen molar-refractivity contribution in [3.05, 3.63) is 36.5 Å². The Labute approximate surface area is 525 Å². The fourth-order valence-electron chi connectivity index (χ4n) is 12.1. The first kappa shape index (κ1) is 82.1. The van der Waals surface area contributed by atoms with Gasteiger partial charge in [0.1, 0.15) is 0 Å². The van der Waals surface area contributed by atoms with Gasteiger partial charge in [0.25, 0.3) is 0 Å². The van der Waals surface area contributed by atoms with Crippen LogP contribution in [0.5, 0.6) is 0 Å². The molecule has 1 amide bonds. The molecule has 0 heterocycles. The van der Waals surface area contributed by atoms with Crippen LogP contribution in [-0.2, 0) is 14.3 Å². The Morgan fingerprint density at radius 1 is 0.333 bits per heavy atom. The predicted molar refractivity (Wildman–Crippen MR) is 370 cm³/mol. The van der Waals surface area contributed by atoms with Gasteiger partial charge in [-0.3, -0.25) is 9.59 Å². The molecule has 0 aromatic rings. The van der Waals surface area contributed by atoms with Crippen LogP contribution in [0.3, 0.4) is 0 Å². The lowest BCUT2D eigenvalue weighted by molar-refractivity contribution is -0.143. The molecule has 6 nitrogen and oxygen atoms in total. The van der Waals surface area contributed by atoms with E-state index in [1.54, 1.807) is 0 Å². The molecule has 2 atom stereocenters. The summed E-state index contributed by atoms with van der Waals surface area (Å²) in [6.07, 6.45) is 95.1. The first-order valence-electron chi connectivity index (χ1n) is 38.2. The average molecular weight is 1180 g/mol. The number of aliphatic hydroxyl groups is 2. The molecule has 3 N–H and O–H groups in total. The number of carbonyl (C=O) groups excluding carboxylic acids is 2. The minimum Gasteiger partial charge on any atom is -0.466 e. The molecule has 0 radical (unpaired) electrons. The molecular formula is C78H149NO5. The molecule has 0 aliphatic heterocycles. The van der Waals surface area contributed by atoms with Crippen molar-refractivity contribution < 1.29 is 24.5 Å². The molecule has 496 valence electrons. The number of unbranched alkanes of at least 4 members (excludes halogenated alkanes) is 55. The molecule has 84 heavy (non-hydrogen) atoms. The molecule has 0 rings (SSSR count). The van der Waals surface area contributed by atoms with Crippen LogP contribution >= 0.6 is 0 Å². The highest BCUT2D eigenvalue weighted by Gasteiger charge is 2.20. The molecule has 0 bridgehead atoms. The van der Waals surface area contributed by atoms with Crippen LogP contribution < -0.4 is 5.32 Å². The van der Waals surface area contributed by atoms with E-state index < -0.39 is 12.1 Å². The van der Waals surface area contributed by atoms with Gasteiger partial charge < -0.3 is 20.3 Å². The molecule has 0 saturated heterocycles. The van der Waals surface area contributed by atoms with E-state index in [9.17, 15) is 19.8 Å². The fourth-order valence-corrected chi connectivity index (χ4v) is 12.1. The zero-order valence-corrected chi connectivity index (χ0v) is 56.9. The number of rotatable bonds is 72. The van der Waals surface area contributed by atoms with Crippen LogP contribution in [-0.4, -0.2) is 47.4 Å². The Morgan fingerprint density at radius 2 is 0.595 bits per heavy atom. The summed E-state index contributed by atoms with van der Waals surface area (Å²) in [4.78, 5) is 24.6. The van der Waals surface area contributed by atoms with Gasteiger partial charge >= 0.3 is 5.97 Å². The first-order chi connectivity index (χ1) is 41.5. The van der Waals surface area contributed by atoms with Gasteiger partial charge in [0, 0.05) is 12.8 Å². The Hall–Kier alpha value is -1.92. The van der Waals surface area contributed by atoms with E-state index in [0.717, 1.165) is 51.4 Å². The smallest absolute Gasteiger partial charge is 0.305 e. The number of hydrogen-bond donors (Lipinski definition) is 3. The van der Waals surface area contributed by atoms with Crippen molar-refractivity contribution in [1.82, 2.24) is 5.32 Å². The summed E-state index contributed by atoms with van der Waals surface area (Å²) in [6.45, 7) is 4.98. The lowest BCUT2D eigenvalue weighted by Crippen LogP contribution is -2.45. The van der Waals surface area contributed by atoms with Crippen molar-refractivity contribution in [2.24, 2.45) is 0 Å². The minimum atomic E-state index is -0.664. The number of hydrogen-bond acceptors (Lipinski definition) is 5. The van der Waals surface area contributed by atoms with Crippen molar-refractivity contribution in [1.29, 1.82) is 0 Å². The molecule has 0 aliphatic carbocycles. The summed E-state index contributed by atoms with van der Waals surface area (Å²) in [7, 11) is 0. The van der Waals surface area contributed by atoms with Crippen molar-refractivity contribution in [2.45, 2.75) is 437 Å². The van der Waals surface area contributed by atoms with Crippen molar-refractivity contribution >= 4 is 11.9 Å². The van der Waals surface area contributed by atoms with E-state index in [0.29, 0.717) is 25.9 Å². The van der Waals surface area contributed by atoms with Crippen LogP contribution in [0, 0.1) is 0 Å². The number of ether oxygens (including phenoxy) is 1. The predicted octanol–water partition coefficient (Wildman–Crippen LogP) is 25.0. The second-order valence-electron chi connectivity index (χ2n) is 26.3. The van der Waals surface area contributed by atoms with E-state index in [1.807, 2.05) is 0 Å². The molecule has 0 fully saturated rings. The normalized spacial score (nSPS) is 12.7. The lowest BCUT2D eigenvalue weighted by Gasteiger charge is -2.22. The van der Waals surface area contributed by atoms with E-state index in [2.05, 4.69) is 55.6 Å². The molecule has 2 unspecified atom stereocenters. The Balaban J connectivity index is 3.38. The summed E-state index contributed by atoms with van der Waals surface area (Å²) in [5.74, 6) is -0.0224. The van der Waals surface area contributed by atoms with Gasteiger partial charge in [-0.05, 0) is 83.5 Å². The van der Waals surface area contributed by atoms with Crippen LogP contribution in [0.4, 0.5) is 0 Å². The van der Waals surface area contributed by atoms with Gasteiger partial charge in [-0.15, -0.1) is 0 Å². The number of carbonyl (C=O) groups is 2. The first-order valence-corrected chi connectivity index (χ1v) is 38.2. The SMILES string of the molecule is CCCCCCC/C=C\CCCCCCCC(=O)OCCCCCCCCCCC/C=C\C/C=C\CCCCCCCCCCCCCCCCCCCC(=O)NC(CO)C(O)CCCCCCCCCCCCCCCCCCCCCC. The summed E-state index contributed by atoms with van der Waals surface area (Å²) in [5, 5.41) is 23.4. The van der Waals surface area contributed by atoms with Crippen LogP contribution in [0.25, 0.3) is 0 Å². The van der Waals surface area contributed by atoms with E-state index in [-0.39, 0.29) is 18.5 Å². The topological polar surface area (TPSA) is 95.9 Å². The highest BCUT2D eigenvalue weighted by atomic mass is 16.5. The van der Waals surface area contributed by atoms with Crippen LogP contribution in [0.15, 0.2) is 36.5 Å². The standard InChI is InChI=1S/C78H149NO5/c1-3-5-7-9-11-13-15-17-19-20-21-37-40-43-46-50-54-58-62-66-70-76(81)75(74-80)79-77(82)71-67-63-59-55-51-47-44-41-38-35-33-31-29-27-25-23-22-24-26-28-30-32-34-36-39-42-45-49-53-57-61-65-69-73-84-78(83)72-68-64-60-56-52-48-18-16-14-12-10-8-6-4-2/h16,18,26,28,32,34,75-76,80-81H,3-15,17,19-25,27,29-31,33,35-74H2,1-2H3,(H,79,82)/b18-16-,28-26-,34-32-. The van der Waals surface area contributed by atoms with Crippen LogP contribution in [0.1, 0.15) is 425 Å². The Bertz CT molecular complexity index is 1360. The molecular weight excluding hydrogens is 1030 g/mol. The molecule has 0 spiro atoms. The third-order valence-corrected chi connectivity index (χ3v) is 17.9. The second-order valence-corrected chi connectivity index (χ2v) is 26.3. The van der Waals surface area contributed by atoms with E-state index in [4.69, 9.17) is 4.74 Å². The van der Waals surface area contributed by atoms with Crippen molar-refractivity contribution in [3.8, 4) is 0 Å². The van der Waals surface area contributed by atoms with Crippen molar-refractivity contribution in [2.75, 3.05) is 13.2 Å². The monoisotopic (exact) mass is 1180 g/mol. The lowest BCUT2D eigenvalue weighted by atomic mass is 10.0. The third-order valence-electron chi connectivity index (χ3n) is 17.9. The number of nitrogens with one attached hydrogen (secondary N) is 1. The summed E-state index contributed by atoms with van der Waals surface area (Å²) in [5.41, 5.74) is 0. The number of aliphatic hydroxyl groups excluding tert-OH is 2.